The Morgan fingerprint density at radius 3 is 2.06 bits per heavy atom. The summed E-state index contributed by atoms with van der Waals surface area (Å²) in [5.41, 5.74) is 4.37. The first-order valence-electron chi connectivity index (χ1n) is 10.8. The van der Waals surface area contributed by atoms with Crippen LogP contribution in [-0.4, -0.2) is 34.4 Å². The molecule has 0 aliphatic heterocycles. The molecule has 0 aromatic heterocycles. The number of hydrogen-bond donors (Lipinski definition) is 1. The van der Waals surface area contributed by atoms with Crippen molar-refractivity contribution >= 4 is 19.4 Å². The number of amides is 1. The van der Waals surface area contributed by atoms with E-state index in [0.717, 1.165) is 27.6 Å². The molecule has 1 amide bonds. The zero-order chi connectivity index (χ0) is 23.5. The van der Waals surface area contributed by atoms with Gasteiger partial charge in [0.1, 0.15) is 5.75 Å². The van der Waals surface area contributed by atoms with E-state index >= 15 is 0 Å². The van der Waals surface area contributed by atoms with Crippen molar-refractivity contribution in [2.24, 2.45) is 0 Å². The van der Waals surface area contributed by atoms with Gasteiger partial charge >= 0.3 is 6.09 Å². The third kappa shape index (κ3) is 5.42. The van der Waals surface area contributed by atoms with Crippen LogP contribution in [0, 0.1) is 6.92 Å². The number of carbonyl (C=O) groups excluding carboxylic acids is 1. The zero-order valence-corrected chi connectivity index (χ0v) is 21.6. The molecule has 0 spiro atoms. The standard InChI is InChI=1S/C25H37NO4Si/c1-15(2)18-12-11-17(5)22(29-7)21(18)19-13-14-20(28-6)23(24(19)31(8,9)10)30-25(27)26-16(3)4/h11-16H,1-10H3,(H,26,27). The van der Waals surface area contributed by atoms with Gasteiger partial charge in [-0.25, -0.2) is 4.79 Å². The maximum absolute atomic E-state index is 12.6. The molecular weight excluding hydrogens is 406 g/mol. The SMILES string of the molecule is COc1ccc(-c2c(C(C)C)ccc(C)c2OC)c([Si](C)(C)C)c1OC(=O)NC(C)C. The van der Waals surface area contributed by atoms with Gasteiger partial charge < -0.3 is 19.5 Å². The number of carbonyl (C=O) groups is 1. The minimum atomic E-state index is -2.01. The molecule has 5 nitrogen and oxygen atoms in total. The molecule has 170 valence electrons. The Labute approximate surface area is 188 Å². The van der Waals surface area contributed by atoms with Crippen LogP contribution < -0.4 is 24.7 Å². The van der Waals surface area contributed by atoms with E-state index in [1.54, 1.807) is 14.2 Å². The summed E-state index contributed by atoms with van der Waals surface area (Å²) in [4.78, 5) is 12.6. The number of nitrogens with one attached hydrogen (secondary N) is 1. The van der Waals surface area contributed by atoms with Crippen LogP contribution >= 0.6 is 0 Å². The molecule has 6 heteroatoms. The molecule has 0 fully saturated rings. The molecule has 31 heavy (non-hydrogen) atoms. The first-order chi connectivity index (χ1) is 14.4. The Morgan fingerprint density at radius 2 is 1.58 bits per heavy atom. The third-order valence-corrected chi connectivity index (χ3v) is 7.17. The average Bonchev–Trinajstić information content (AvgIpc) is 2.65. The maximum Gasteiger partial charge on any atom is 0.412 e. The normalized spacial score (nSPS) is 11.6. The Balaban J connectivity index is 2.92. The highest BCUT2D eigenvalue weighted by atomic mass is 28.3. The van der Waals surface area contributed by atoms with Gasteiger partial charge in [0.25, 0.3) is 0 Å². The minimum Gasteiger partial charge on any atom is -0.496 e. The minimum absolute atomic E-state index is 0.0265. The van der Waals surface area contributed by atoms with Crippen LogP contribution in [0.3, 0.4) is 0 Å². The largest absolute Gasteiger partial charge is 0.496 e. The Kier molecular flexibility index (Phi) is 7.81. The smallest absolute Gasteiger partial charge is 0.412 e. The van der Waals surface area contributed by atoms with E-state index in [9.17, 15) is 4.79 Å². The summed E-state index contributed by atoms with van der Waals surface area (Å²) in [6, 6.07) is 8.19. The number of hydrogen-bond acceptors (Lipinski definition) is 4. The fourth-order valence-corrected chi connectivity index (χ4v) is 5.73. The first-order valence-corrected chi connectivity index (χ1v) is 14.3. The summed E-state index contributed by atoms with van der Waals surface area (Å²) in [7, 11) is 1.30. The average molecular weight is 444 g/mol. The molecule has 0 unspecified atom stereocenters. The Hall–Kier alpha value is -2.47. The van der Waals surface area contributed by atoms with Crippen molar-refractivity contribution in [1.29, 1.82) is 0 Å². The number of rotatable bonds is 7. The van der Waals surface area contributed by atoms with E-state index in [2.05, 4.69) is 63.9 Å². The van der Waals surface area contributed by atoms with Crippen LogP contribution in [0.5, 0.6) is 17.2 Å². The van der Waals surface area contributed by atoms with E-state index < -0.39 is 14.2 Å². The highest BCUT2D eigenvalue weighted by Crippen LogP contribution is 2.42. The molecule has 0 atom stereocenters. The van der Waals surface area contributed by atoms with Gasteiger partial charge in [0.05, 0.1) is 22.3 Å². The summed E-state index contributed by atoms with van der Waals surface area (Å²) in [5, 5.41) is 3.85. The summed E-state index contributed by atoms with van der Waals surface area (Å²) in [5.74, 6) is 2.21. The molecule has 0 radical (unpaired) electrons. The van der Waals surface area contributed by atoms with Crippen molar-refractivity contribution in [2.45, 2.75) is 66.2 Å². The Bertz CT molecular complexity index is 946. The van der Waals surface area contributed by atoms with Crippen LogP contribution in [0.4, 0.5) is 4.79 Å². The lowest BCUT2D eigenvalue weighted by molar-refractivity contribution is 0.196. The molecule has 0 saturated heterocycles. The second-order valence-electron chi connectivity index (χ2n) is 9.49. The second-order valence-corrected chi connectivity index (χ2v) is 14.5. The van der Waals surface area contributed by atoms with Gasteiger partial charge in [0.2, 0.25) is 0 Å². The predicted molar refractivity (Wildman–Crippen MR) is 131 cm³/mol. The van der Waals surface area contributed by atoms with Gasteiger partial charge in [-0.1, -0.05) is 51.7 Å². The highest BCUT2D eigenvalue weighted by Gasteiger charge is 2.32. The van der Waals surface area contributed by atoms with Gasteiger partial charge in [-0.05, 0) is 54.6 Å². The third-order valence-electron chi connectivity index (χ3n) is 5.18. The van der Waals surface area contributed by atoms with Crippen molar-refractivity contribution in [1.82, 2.24) is 5.32 Å². The van der Waals surface area contributed by atoms with Gasteiger partial charge in [-0.3, -0.25) is 0 Å². The summed E-state index contributed by atoms with van der Waals surface area (Å²) < 4.78 is 17.4. The predicted octanol–water partition coefficient (Wildman–Crippen LogP) is 5.84. The fourth-order valence-electron chi connectivity index (χ4n) is 3.86. The molecule has 0 aliphatic rings. The fraction of sp³-hybridized carbons (Fsp3) is 0.480. The van der Waals surface area contributed by atoms with E-state index in [4.69, 9.17) is 14.2 Å². The summed E-state index contributed by atoms with van der Waals surface area (Å²) in [6.07, 6.45) is -0.481. The van der Waals surface area contributed by atoms with Crippen LogP contribution in [0.15, 0.2) is 24.3 Å². The molecule has 0 bridgehead atoms. The van der Waals surface area contributed by atoms with Gasteiger partial charge in [-0.15, -0.1) is 0 Å². The van der Waals surface area contributed by atoms with Crippen LogP contribution in [0.25, 0.3) is 11.1 Å². The Morgan fingerprint density at radius 1 is 0.935 bits per heavy atom. The van der Waals surface area contributed by atoms with Crippen LogP contribution in [0.2, 0.25) is 19.6 Å². The number of benzene rings is 2. The first kappa shape index (κ1) is 24.8. The van der Waals surface area contributed by atoms with Crippen molar-refractivity contribution in [3.05, 3.63) is 35.4 Å². The molecule has 2 rings (SSSR count). The molecule has 2 aromatic rings. The number of aryl methyl sites for hydroxylation is 1. The monoisotopic (exact) mass is 443 g/mol. The van der Waals surface area contributed by atoms with Gasteiger partial charge in [0.15, 0.2) is 11.5 Å². The molecular formula is C25H37NO4Si. The van der Waals surface area contributed by atoms with Crippen molar-refractivity contribution in [2.75, 3.05) is 14.2 Å². The molecule has 2 aromatic carbocycles. The quantitative estimate of drug-likeness (QED) is 0.546. The van der Waals surface area contributed by atoms with Crippen LogP contribution in [0.1, 0.15) is 44.7 Å². The number of ether oxygens (including phenoxy) is 3. The molecule has 0 aliphatic carbocycles. The lowest BCUT2D eigenvalue weighted by atomic mass is 9.89. The van der Waals surface area contributed by atoms with Gasteiger partial charge in [0, 0.05) is 11.6 Å². The zero-order valence-electron chi connectivity index (χ0n) is 20.6. The van der Waals surface area contributed by atoms with E-state index in [1.165, 1.54) is 5.56 Å². The van der Waals surface area contributed by atoms with E-state index in [1.807, 2.05) is 19.9 Å². The lowest BCUT2D eigenvalue weighted by Gasteiger charge is -2.28. The number of methoxy groups -OCH3 is 2. The van der Waals surface area contributed by atoms with E-state index in [-0.39, 0.29) is 6.04 Å². The van der Waals surface area contributed by atoms with E-state index in [0.29, 0.717) is 17.4 Å². The van der Waals surface area contributed by atoms with Crippen molar-refractivity contribution in [3.8, 4) is 28.4 Å². The van der Waals surface area contributed by atoms with Crippen molar-refractivity contribution in [3.63, 3.8) is 0 Å². The highest BCUT2D eigenvalue weighted by molar-refractivity contribution is 6.90. The molecule has 0 saturated carbocycles. The molecule has 1 N–H and O–H groups in total. The van der Waals surface area contributed by atoms with Crippen LogP contribution in [-0.2, 0) is 0 Å². The summed E-state index contributed by atoms with van der Waals surface area (Å²) >= 11 is 0. The summed E-state index contributed by atoms with van der Waals surface area (Å²) in [6.45, 7) is 17.0. The van der Waals surface area contributed by atoms with Crippen molar-refractivity contribution < 1.29 is 19.0 Å². The second kappa shape index (κ2) is 9.77. The lowest BCUT2D eigenvalue weighted by Crippen LogP contribution is -2.42. The topological polar surface area (TPSA) is 56.8 Å². The molecule has 0 heterocycles. The van der Waals surface area contributed by atoms with Gasteiger partial charge in [-0.2, -0.15) is 0 Å². The maximum atomic E-state index is 12.6.